The Kier molecular flexibility index (Phi) is 3.22. The zero-order valence-corrected chi connectivity index (χ0v) is 11.8. The zero-order chi connectivity index (χ0) is 13.4. The van der Waals surface area contributed by atoms with E-state index in [0.717, 1.165) is 10.0 Å². The number of nitrogens with one attached hydrogen (secondary N) is 1. The molecule has 1 aromatic carbocycles. The van der Waals surface area contributed by atoms with Gasteiger partial charge in [-0.1, -0.05) is 28.1 Å². The molecule has 1 aromatic rings. The van der Waals surface area contributed by atoms with Gasteiger partial charge in [-0.05, 0) is 30.9 Å². The monoisotopic (exact) mass is 323 g/mol. The van der Waals surface area contributed by atoms with Crippen molar-refractivity contribution in [3.8, 4) is 5.75 Å². The van der Waals surface area contributed by atoms with Gasteiger partial charge in [0.15, 0.2) is 0 Å². The zero-order valence-electron chi connectivity index (χ0n) is 10.2. The molecule has 5 heteroatoms. The molecule has 19 heavy (non-hydrogen) atoms. The molecule has 3 rings (SSSR count). The highest BCUT2D eigenvalue weighted by molar-refractivity contribution is 9.10. The molecule has 1 heterocycles. The van der Waals surface area contributed by atoms with E-state index in [-0.39, 0.29) is 0 Å². The van der Waals surface area contributed by atoms with E-state index < -0.39 is 6.09 Å². The molecule has 4 nitrogen and oxygen atoms in total. The molecule has 1 aliphatic carbocycles. The Bertz CT molecular complexity index is 552. The van der Waals surface area contributed by atoms with Crippen molar-refractivity contribution in [3.63, 3.8) is 0 Å². The number of benzene rings is 1. The highest BCUT2D eigenvalue weighted by Gasteiger charge is 2.34. The van der Waals surface area contributed by atoms with Crippen LogP contribution < -0.4 is 10.1 Å². The third-order valence-corrected chi connectivity index (χ3v) is 3.94. The summed E-state index contributed by atoms with van der Waals surface area (Å²) in [7, 11) is 0. The molecule has 100 valence electrons. The van der Waals surface area contributed by atoms with Gasteiger partial charge in [-0.2, -0.15) is 0 Å². The molecular weight excluding hydrogens is 310 g/mol. The second-order valence-electron chi connectivity index (χ2n) is 4.90. The molecule has 1 fully saturated rings. The number of hydrogen-bond donors (Lipinski definition) is 2. The van der Waals surface area contributed by atoms with Gasteiger partial charge in [-0.15, -0.1) is 0 Å². The van der Waals surface area contributed by atoms with Crippen LogP contribution in [0.1, 0.15) is 24.3 Å². The first kappa shape index (κ1) is 12.5. The van der Waals surface area contributed by atoms with Crippen LogP contribution in [0.4, 0.5) is 10.5 Å². The van der Waals surface area contributed by atoms with E-state index in [0.29, 0.717) is 29.9 Å². The number of ether oxygens (including phenoxy) is 1. The average molecular weight is 324 g/mol. The Morgan fingerprint density at radius 2 is 2.21 bits per heavy atom. The fraction of sp³-hybridized carbons (Fsp3) is 0.357. The SMILES string of the molecule is O=C(O)Nc1cc(Br)cc2c1OCC=CC2C1CC1. The Hall–Kier alpha value is -1.49. The number of amides is 1. The first-order valence-electron chi connectivity index (χ1n) is 6.28. The van der Waals surface area contributed by atoms with Crippen LogP contribution in [-0.2, 0) is 0 Å². The first-order valence-corrected chi connectivity index (χ1v) is 7.07. The van der Waals surface area contributed by atoms with Crippen LogP contribution in [0.25, 0.3) is 0 Å². The lowest BCUT2D eigenvalue weighted by Crippen LogP contribution is -2.10. The third-order valence-electron chi connectivity index (χ3n) is 3.48. The highest BCUT2D eigenvalue weighted by atomic mass is 79.9. The standard InChI is InChI=1S/C14H14BrNO3/c15-9-6-11-10(8-3-4-8)2-1-5-19-13(11)12(7-9)16-14(17)18/h1-2,6-8,10,16H,3-5H2,(H,17,18). The lowest BCUT2D eigenvalue weighted by molar-refractivity contribution is 0.209. The van der Waals surface area contributed by atoms with E-state index in [2.05, 4.69) is 27.3 Å². The van der Waals surface area contributed by atoms with Gasteiger partial charge in [0.25, 0.3) is 0 Å². The number of halogens is 1. The molecule has 0 saturated heterocycles. The minimum Gasteiger partial charge on any atom is -0.487 e. The van der Waals surface area contributed by atoms with Gasteiger partial charge in [0.2, 0.25) is 0 Å². The Morgan fingerprint density at radius 3 is 2.89 bits per heavy atom. The first-order chi connectivity index (χ1) is 9.15. The molecule has 1 aliphatic heterocycles. The topological polar surface area (TPSA) is 58.6 Å². The van der Waals surface area contributed by atoms with Crippen molar-refractivity contribution >= 4 is 27.7 Å². The Morgan fingerprint density at radius 1 is 1.42 bits per heavy atom. The van der Waals surface area contributed by atoms with Crippen molar-refractivity contribution < 1.29 is 14.6 Å². The van der Waals surface area contributed by atoms with Crippen LogP contribution in [-0.4, -0.2) is 17.8 Å². The van der Waals surface area contributed by atoms with Gasteiger partial charge in [-0.25, -0.2) is 4.79 Å². The lowest BCUT2D eigenvalue weighted by Gasteiger charge is -2.18. The van der Waals surface area contributed by atoms with Crippen LogP contribution >= 0.6 is 15.9 Å². The van der Waals surface area contributed by atoms with Gasteiger partial charge in [0.1, 0.15) is 12.4 Å². The molecular formula is C14H14BrNO3. The molecule has 0 radical (unpaired) electrons. The molecule has 1 unspecified atom stereocenters. The molecule has 0 bridgehead atoms. The maximum absolute atomic E-state index is 10.9. The van der Waals surface area contributed by atoms with Crippen LogP contribution in [0.3, 0.4) is 0 Å². The van der Waals surface area contributed by atoms with Crippen molar-refractivity contribution in [2.75, 3.05) is 11.9 Å². The number of rotatable bonds is 2. The molecule has 2 aliphatic rings. The fourth-order valence-corrected chi connectivity index (χ4v) is 3.01. The summed E-state index contributed by atoms with van der Waals surface area (Å²) in [5, 5.41) is 11.3. The van der Waals surface area contributed by atoms with Crippen molar-refractivity contribution in [1.82, 2.24) is 0 Å². The van der Waals surface area contributed by atoms with Gasteiger partial charge < -0.3 is 9.84 Å². The summed E-state index contributed by atoms with van der Waals surface area (Å²) in [6.07, 6.45) is 5.57. The molecule has 1 saturated carbocycles. The van der Waals surface area contributed by atoms with Gasteiger partial charge in [0, 0.05) is 16.0 Å². The van der Waals surface area contributed by atoms with Gasteiger partial charge >= 0.3 is 6.09 Å². The summed E-state index contributed by atoms with van der Waals surface area (Å²) < 4.78 is 6.57. The van der Waals surface area contributed by atoms with Gasteiger partial charge in [0.05, 0.1) is 5.69 Å². The lowest BCUT2D eigenvalue weighted by atomic mass is 9.93. The number of carbonyl (C=O) groups is 1. The molecule has 1 amide bonds. The van der Waals surface area contributed by atoms with Crippen LogP contribution in [0, 0.1) is 5.92 Å². The second-order valence-corrected chi connectivity index (χ2v) is 5.82. The second kappa shape index (κ2) is 4.89. The molecule has 2 N–H and O–H groups in total. The number of fused-ring (bicyclic) bond motifs is 1. The summed E-state index contributed by atoms with van der Waals surface area (Å²) in [6, 6.07) is 3.77. The van der Waals surface area contributed by atoms with Crippen LogP contribution in [0.15, 0.2) is 28.8 Å². The maximum Gasteiger partial charge on any atom is 0.409 e. The minimum atomic E-state index is -1.08. The predicted octanol–water partition coefficient (Wildman–Crippen LogP) is 3.98. The molecule has 0 spiro atoms. The maximum atomic E-state index is 10.9. The van der Waals surface area contributed by atoms with Crippen LogP contribution in [0.2, 0.25) is 0 Å². The Balaban J connectivity index is 2.07. The van der Waals surface area contributed by atoms with Crippen molar-refractivity contribution in [2.24, 2.45) is 5.92 Å². The quantitative estimate of drug-likeness (QED) is 0.809. The number of allylic oxidation sites excluding steroid dienone is 1. The van der Waals surface area contributed by atoms with Crippen molar-refractivity contribution in [1.29, 1.82) is 0 Å². The molecule has 0 aromatic heterocycles. The average Bonchev–Trinajstić information content (AvgIpc) is 3.12. The largest absolute Gasteiger partial charge is 0.487 e. The van der Waals surface area contributed by atoms with Crippen LogP contribution in [0.5, 0.6) is 5.75 Å². The van der Waals surface area contributed by atoms with E-state index >= 15 is 0 Å². The van der Waals surface area contributed by atoms with Crippen molar-refractivity contribution in [2.45, 2.75) is 18.8 Å². The predicted molar refractivity (Wildman–Crippen MR) is 75.9 cm³/mol. The summed E-state index contributed by atoms with van der Waals surface area (Å²) in [5.41, 5.74) is 1.57. The number of anilines is 1. The smallest absolute Gasteiger partial charge is 0.409 e. The van der Waals surface area contributed by atoms with E-state index in [1.807, 2.05) is 12.1 Å². The number of hydrogen-bond acceptors (Lipinski definition) is 2. The number of carboxylic acid groups (broad SMARTS) is 1. The Labute approximate surface area is 119 Å². The van der Waals surface area contributed by atoms with E-state index in [4.69, 9.17) is 9.84 Å². The molecule has 1 atom stereocenters. The van der Waals surface area contributed by atoms with E-state index in [1.165, 1.54) is 12.8 Å². The van der Waals surface area contributed by atoms with E-state index in [1.54, 1.807) is 6.07 Å². The summed E-state index contributed by atoms with van der Waals surface area (Å²) >= 11 is 3.44. The van der Waals surface area contributed by atoms with E-state index in [9.17, 15) is 4.79 Å². The van der Waals surface area contributed by atoms with Gasteiger partial charge in [-0.3, -0.25) is 5.32 Å². The summed E-state index contributed by atoms with van der Waals surface area (Å²) in [4.78, 5) is 10.9. The fourth-order valence-electron chi connectivity index (χ4n) is 2.54. The minimum absolute atomic E-state index is 0.323. The normalized spacial score (nSPS) is 21.2. The highest BCUT2D eigenvalue weighted by Crippen LogP contribution is 2.49. The third kappa shape index (κ3) is 2.61. The summed E-state index contributed by atoms with van der Waals surface area (Å²) in [5.74, 6) is 1.64. The summed E-state index contributed by atoms with van der Waals surface area (Å²) in [6.45, 7) is 0.478. The van der Waals surface area contributed by atoms with Crippen molar-refractivity contribution in [3.05, 3.63) is 34.3 Å².